The number of carboxylic acid groups (broad SMARTS) is 1. The summed E-state index contributed by atoms with van der Waals surface area (Å²) in [7, 11) is 0. The van der Waals surface area contributed by atoms with Gasteiger partial charge in [-0.15, -0.1) is 0 Å². The van der Waals surface area contributed by atoms with E-state index in [1.54, 1.807) is 4.90 Å². The van der Waals surface area contributed by atoms with Crippen molar-refractivity contribution in [2.45, 2.75) is 20.4 Å². The largest absolute Gasteiger partial charge is 0.480 e. The van der Waals surface area contributed by atoms with Crippen LogP contribution in [-0.4, -0.2) is 29.1 Å². The summed E-state index contributed by atoms with van der Waals surface area (Å²) in [4.78, 5) is 12.4. The van der Waals surface area contributed by atoms with Gasteiger partial charge in [0.15, 0.2) is 11.6 Å². The molecule has 100 valence electrons. The number of benzene rings is 1. The molecule has 1 aromatic rings. The molecule has 3 nitrogen and oxygen atoms in total. The Hall–Kier alpha value is -1.49. The quantitative estimate of drug-likeness (QED) is 0.851. The average molecular weight is 257 g/mol. The summed E-state index contributed by atoms with van der Waals surface area (Å²) in [5, 5.41) is 8.80. The lowest BCUT2D eigenvalue weighted by Crippen LogP contribution is -2.32. The van der Waals surface area contributed by atoms with Crippen LogP contribution in [0.1, 0.15) is 19.4 Å². The van der Waals surface area contributed by atoms with Crippen molar-refractivity contribution in [1.82, 2.24) is 4.90 Å². The van der Waals surface area contributed by atoms with E-state index < -0.39 is 17.6 Å². The second-order valence-corrected chi connectivity index (χ2v) is 4.71. The molecule has 18 heavy (non-hydrogen) atoms. The molecule has 0 spiro atoms. The zero-order valence-corrected chi connectivity index (χ0v) is 10.5. The van der Waals surface area contributed by atoms with Gasteiger partial charge in [-0.05, 0) is 23.6 Å². The summed E-state index contributed by atoms with van der Waals surface area (Å²) in [6.45, 7) is 4.71. The predicted octanol–water partition coefficient (Wildman–Crippen LogP) is 2.51. The van der Waals surface area contributed by atoms with Crippen LogP contribution >= 0.6 is 0 Å². The normalized spacial score (nSPS) is 11.2. The third kappa shape index (κ3) is 4.79. The molecule has 0 fully saturated rings. The minimum absolute atomic E-state index is 0.114. The third-order valence-corrected chi connectivity index (χ3v) is 2.37. The Kier molecular flexibility index (Phi) is 5.22. The van der Waals surface area contributed by atoms with Gasteiger partial charge in [0.1, 0.15) is 0 Å². The molecular weight excluding hydrogens is 240 g/mol. The second-order valence-electron chi connectivity index (χ2n) is 4.71. The minimum Gasteiger partial charge on any atom is -0.480 e. The number of hydrogen-bond donors (Lipinski definition) is 1. The standard InChI is InChI=1S/C13H17F2NO2/c1-9(2)6-16(8-13(17)18)7-10-3-4-11(14)12(15)5-10/h3-5,9H,6-8H2,1-2H3,(H,17,18). The van der Waals surface area contributed by atoms with Crippen LogP contribution in [0.15, 0.2) is 18.2 Å². The number of halogens is 2. The van der Waals surface area contributed by atoms with Crippen LogP contribution in [0.5, 0.6) is 0 Å². The first kappa shape index (κ1) is 14.6. The summed E-state index contributed by atoms with van der Waals surface area (Å²) in [6.07, 6.45) is 0. The molecule has 1 rings (SSSR count). The first-order valence-corrected chi connectivity index (χ1v) is 5.76. The van der Waals surface area contributed by atoms with Crippen molar-refractivity contribution in [2.75, 3.05) is 13.1 Å². The van der Waals surface area contributed by atoms with Crippen LogP contribution in [0.4, 0.5) is 8.78 Å². The number of nitrogens with zero attached hydrogens (tertiary/aromatic N) is 1. The van der Waals surface area contributed by atoms with Gasteiger partial charge >= 0.3 is 5.97 Å². The molecule has 0 bridgehead atoms. The molecule has 0 aliphatic carbocycles. The van der Waals surface area contributed by atoms with Crippen LogP contribution in [0.2, 0.25) is 0 Å². The fraction of sp³-hybridized carbons (Fsp3) is 0.462. The van der Waals surface area contributed by atoms with Crippen LogP contribution in [-0.2, 0) is 11.3 Å². The highest BCUT2D eigenvalue weighted by atomic mass is 19.2. The molecule has 0 amide bonds. The van der Waals surface area contributed by atoms with Crippen LogP contribution < -0.4 is 0 Å². The minimum atomic E-state index is -0.932. The summed E-state index contributed by atoms with van der Waals surface area (Å²) >= 11 is 0. The molecule has 5 heteroatoms. The molecular formula is C13H17F2NO2. The van der Waals surface area contributed by atoms with Gasteiger partial charge in [0, 0.05) is 13.1 Å². The molecule has 1 aromatic carbocycles. The van der Waals surface area contributed by atoms with Crippen LogP contribution in [0.25, 0.3) is 0 Å². The Bertz CT molecular complexity index is 421. The molecule has 0 radical (unpaired) electrons. The highest BCUT2D eigenvalue weighted by molar-refractivity contribution is 5.69. The summed E-state index contributed by atoms with van der Waals surface area (Å²) < 4.78 is 25.8. The fourth-order valence-electron chi connectivity index (χ4n) is 1.79. The van der Waals surface area contributed by atoms with Gasteiger partial charge < -0.3 is 5.11 Å². The van der Waals surface area contributed by atoms with E-state index in [-0.39, 0.29) is 6.54 Å². The first-order chi connectivity index (χ1) is 8.38. The van der Waals surface area contributed by atoms with E-state index in [1.165, 1.54) is 6.07 Å². The van der Waals surface area contributed by atoms with Gasteiger partial charge in [-0.25, -0.2) is 8.78 Å². The van der Waals surface area contributed by atoms with E-state index in [1.807, 2.05) is 13.8 Å². The second kappa shape index (κ2) is 6.44. The lowest BCUT2D eigenvalue weighted by Gasteiger charge is -2.22. The number of rotatable bonds is 6. The SMILES string of the molecule is CC(C)CN(CC(=O)O)Cc1ccc(F)c(F)c1. The van der Waals surface area contributed by atoms with E-state index in [0.717, 1.165) is 12.1 Å². The first-order valence-electron chi connectivity index (χ1n) is 5.76. The van der Waals surface area contributed by atoms with E-state index >= 15 is 0 Å². The summed E-state index contributed by atoms with van der Waals surface area (Å²) in [6, 6.07) is 3.62. The molecule has 0 aliphatic rings. The zero-order valence-electron chi connectivity index (χ0n) is 10.5. The highest BCUT2D eigenvalue weighted by Crippen LogP contribution is 2.12. The van der Waals surface area contributed by atoms with E-state index in [2.05, 4.69) is 0 Å². The Balaban J connectivity index is 2.74. The monoisotopic (exact) mass is 257 g/mol. The van der Waals surface area contributed by atoms with Gasteiger partial charge in [-0.2, -0.15) is 0 Å². The van der Waals surface area contributed by atoms with Crippen LogP contribution in [0, 0.1) is 17.6 Å². The molecule has 0 aromatic heterocycles. The Morgan fingerprint density at radius 2 is 2.00 bits per heavy atom. The number of carbonyl (C=O) groups is 1. The van der Waals surface area contributed by atoms with Gasteiger partial charge in [0.2, 0.25) is 0 Å². The van der Waals surface area contributed by atoms with Crippen molar-refractivity contribution in [3.05, 3.63) is 35.4 Å². The lowest BCUT2D eigenvalue weighted by molar-refractivity contribution is -0.138. The molecule has 0 atom stereocenters. The van der Waals surface area contributed by atoms with Crippen molar-refractivity contribution >= 4 is 5.97 Å². The maximum Gasteiger partial charge on any atom is 0.317 e. The Labute approximate surface area is 105 Å². The Morgan fingerprint density at radius 1 is 1.33 bits per heavy atom. The smallest absolute Gasteiger partial charge is 0.317 e. The Morgan fingerprint density at radius 3 is 2.50 bits per heavy atom. The van der Waals surface area contributed by atoms with Crippen molar-refractivity contribution in [2.24, 2.45) is 5.92 Å². The number of aliphatic carboxylic acids is 1. The van der Waals surface area contributed by atoms with E-state index in [0.29, 0.717) is 24.6 Å². The molecule has 1 N–H and O–H groups in total. The maximum absolute atomic E-state index is 13.0. The molecule has 0 saturated heterocycles. The predicted molar refractivity (Wildman–Crippen MR) is 64.1 cm³/mol. The molecule has 0 saturated carbocycles. The average Bonchev–Trinajstić information content (AvgIpc) is 2.21. The van der Waals surface area contributed by atoms with Crippen molar-refractivity contribution in [3.8, 4) is 0 Å². The van der Waals surface area contributed by atoms with Crippen molar-refractivity contribution < 1.29 is 18.7 Å². The van der Waals surface area contributed by atoms with Gasteiger partial charge in [-0.3, -0.25) is 9.69 Å². The van der Waals surface area contributed by atoms with Gasteiger partial charge in [0.05, 0.1) is 6.54 Å². The van der Waals surface area contributed by atoms with Crippen LogP contribution in [0.3, 0.4) is 0 Å². The lowest BCUT2D eigenvalue weighted by atomic mass is 10.1. The fourth-order valence-corrected chi connectivity index (χ4v) is 1.79. The zero-order chi connectivity index (χ0) is 13.7. The molecule has 0 heterocycles. The summed E-state index contributed by atoms with van der Waals surface area (Å²) in [5.41, 5.74) is 0.566. The maximum atomic E-state index is 13.0. The van der Waals surface area contributed by atoms with Gasteiger partial charge in [-0.1, -0.05) is 19.9 Å². The highest BCUT2D eigenvalue weighted by Gasteiger charge is 2.13. The van der Waals surface area contributed by atoms with Crippen molar-refractivity contribution in [1.29, 1.82) is 0 Å². The van der Waals surface area contributed by atoms with Gasteiger partial charge in [0.25, 0.3) is 0 Å². The summed E-state index contributed by atoms with van der Waals surface area (Å²) in [5.74, 6) is -2.44. The van der Waals surface area contributed by atoms with E-state index in [4.69, 9.17) is 5.11 Å². The topological polar surface area (TPSA) is 40.5 Å². The third-order valence-electron chi connectivity index (χ3n) is 2.37. The molecule has 0 unspecified atom stereocenters. The number of carboxylic acids is 1. The van der Waals surface area contributed by atoms with E-state index in [9.17, 15) is 13.6 Å². The molecule has 0 aliphatic heterocycles. The van der Waals surface area contributed by atoms with Crippen molar-refractivity contribution in [3.63, 3.8) is 0 Å². The number of hydrogen-bond acceptors (Lipinski definition) is 2.